The van der Waals surface area contributed by atoms with Gasteiger partial charge in [-0.2, -0.15) is 9.47 Å². The first-order chi connectivity index (χ1) is 19.2. The highest BCUT2D eigenvalue weighted by atomic mass is 16.5. The van der Waals surface area contributed by atoms with Gasteiger partial charge in [0.15, 0.2) is 5.84 Å². The molecule has 9 rings (SSSR count). The molecule has 0 spiro atoms. The third-order valence-corrected chi connectivity index (χ3v) is 8.49. The minimum absolute atomic E-state index is 0.0659. The molecule has 39 heavy (non-hydrogen) atoms. The number of hydrogen-bond donors (Lipinski definition) is 2. The van der Waals surface area contributed by atoms with Gasteiger partial charge in [-0.25, -0.2) is 0 Å². The SMILES string of the molecule is N=C(c1ccccc1)N(C(=[NH2+])n1c2c3c4c(ccc5c4c4c6c(ccc1c63)C=CC4O5)CC=2)c1ccccc1. The van der Waals surface area contributed by atoms with Crippen LogP contribution in [0, 0.1) is 5.41 Å². The number of nitrogens with two attached hydrogens (primary N) is 1. The number of anilines is 1. The van der Waals surface area contributed by atoms with Gasteiger partial charge < -0.3 is 4.74 Å². The third kappa shape index (κ3) is 2.54. The summed E-state index contributed by atoms with van der Waals surface area (Å²) >= 11 is 0. The number of rotatable bonds is 2. The molecule has 1 atom stereocenters. The predicted molar refractivity (Wildman–Crippen MR) is 157 cm³/mol. The summed E-state index contributed by atoms with van der Waals surface area (Å²) in [4.78, 5) is 1.86. The van der Waals surface area contributed by atoms with Crippen LogP contribution in [-0.4, -0.2) is 16.4 Å². The molecule has 1 unspecified atom stereocenters. The fourth-order valence-corrected chi connectivity index (χ4v) is 6.90. The first kappa shape index (κ1) is 20.8. The molecule has 6 aromatic rings. The van der Waals surface area contributed by atoms with E-state index in [1.54, 1.807) is 0 Å². The van der Waals surface area contributed by atoms with E-state index in [9.17, 15) is 5.41 Å². The van der Waals surface area contributed by atoms with Crippen LogP contribution in [0.15, 0.2) is 91.0 Å². The molecule has 184 valence electrons. The lowest BCUT2D eigenvalue weighted by atomic mass is 9.84. The molecule has 5 aromatic carbocycles. The third-order valence-electron chi connectivity index (χ3n) is 8.49. The monoisotopic (exact) mass is 503 g/mol. The van der Waals surface area contributed by atoms with Crippen LogP contribution in [0.2, 0.25) is 0 Å². The molecule has 5 nitrogen and oxygen atoms in total. The van der Waals surface area contributed by atoms with Gasteiger partial charge in [0.25, 0.3) is 0 Å². The van der Waals surface area contributed by atoms with Gasteiger partial charge in [-0.1, -0.05) is 54.6 Å². The maximum absolute atomic E-state index is 9.29. The van der Waals surface area contributed by atoms with Gasteiger partial charge in [0.05, 0.1) is 0 Å². The molecule has 5 heteroatoms. The fraction of sp³-hybridized carbons (Fsp3) is 0.0588. The van der Waals surface area contributed by atoms with Gasteiger partial charge in [-0.15, -0.1) is 0 Å². The fourth-order valence-electron chi connectivity index (χ4n) is 6.90. The molecule has 0 saturated heterocycles. The molecule has 3 aliphatic rings. The van der Waals surface area contributed by atoms with Crippen molar-refractivity contribution in [2.45, 2.75) is 12.5 Å². The van der Waals surface area contributed by atoms with Crippen LogP contribution in [0.25, 0.3) is 44.6 Å². The maximum Gasteiger partial charge on any atom is 0.367 e. The molecule has 0 fully saturated rings. The first-order valence-corrected chi connectivity index (χ1v) is 13.3. The maximum atomic E-state index is 9.29. The van der Waals surface area contributed by atoms with E-state index in [1.807, 2.05) is 65.6 Å². The Morgan fingerprint density at radius 1 is 0.846 bits per heavy atom. The summed E-state index contributed by atoms with van der Waals surface area (Å²) < 4.78 is 8.58. The molecular formula is C34H23N4O+. The van der Waals surface area contributed by atoms with Crippen molar-refractivity contribution in [3.63, 3.8) is 0 Å². The van der Waals surface area contributed by atoms with Crippen LogP contribution in [0.1, 0.15) is 28.4 Å². The molecule has 0 radical (unpaired) electrons. The van der Waals surface area contributed by atoms with Crippen molar-refractivity contribution < 1.29 is 10.1 Å². The van der Waals surface area contributed by atoms with Crippen molar-refractivity contribution in [3.05, 3.63) is 119 Å². The molecule has 1 aliphatic heterocycles. The smallest absolute Gasteiger partial charge is 0.367 e. The van der Waals surface area contributed by atoms with Gasteiger partial charge >= 0.3 is 5.96 Å². The topological polar surface area (TPSA) is 66.8 Å². The summed E-state index contributed by atoms with van der Waals surface area (Å²) in [6.07, 6.45) is 7.40. The van der Waals surface area contributed by atoms with Crippen molar-refractivity contribution in [3.8, 4) is 5.75 Å². The number of para-hydroxylation sites is 1. The highest BCUT2D eigenvalue weighted by Gasteiger charge is 2.37. The van der Waals surface area contributed by atoms with Crippen LogP contribution in [0.5, 0.6) is 5.75 Å². The molecule has 0 bridgehead atoms. The second kappa shape index (κ2) is 7.23. The Hall–Kier alpha value is -5.16. The summed E-state index contributed by atoms with van der Waals surface area (Å²) in [6, 6.07) is 28.4. The number of nitrogens with one attached hydrogen (secondary N) is 1. The van der Waals surface area contributed by atoms with E-state index in [1.165, 1.54) is 43.6 Å². The number of ether oxygens (including phenoxy) is 1. The van der Waals surface area contributed by atoms with Gasteiger partial charge in [0.2, 0.25) is 0 Å². The zero-order chi connectivity index (χ0) is 25.8. The Bertz CT molecular complexity index is 2160. The van der Waals surface area contributed by atoms with E-state index in [2.05, 4.69) is 47.1 Å². The zero-order valence-corrected chi connectivity index (χ0v) is 21.0. The molecule has 1 aromatic heterocycles. The molecule has 2 aliphatic carbocycles. The van der Waals surface area contributed by atoms with Gasteiger partial charge in [-0.05, 0) is 66.1 Å². The number of benzene rings is 5. The van der Waals surface area contributed by atoms with E-state index < -0.39 is 0 Å². The average Bonchev–Trinajstić information content (AvgIpc) is 3.54. The van der Waals surface area contributed by atoms with Crippen LogP contribution in [0.4, 0.5) is 5.69 Å². The van der Waals surface area contributed by atoms with Gasteiger partial charge in [-0.3, -0.25) is 10.8 Å². The Morgan fingerprint density at radius 3 is 2.46 bits per heavy atom. The van der Waals surface area contributed by atoms with E-state index >= 15 is 0 Å². The lowest BCUT2D eigenvalue weighted by Gasteiger charge is -2.20. The van der Waals surface area contributed by atoms with Crippen LogP contribution in [-0.2, 0) is 6.42 Å². The van der Waals surface area contributed by atoms with E-state index in [-0.39, 0.29) is 6.10 Å². The van der Waals surface area contributed by atoms with Gasteiger partial charge in [0, 0.05) is 38.1 Å². The van der Waals surface area contributed by atoms with Crippen molar-refractivity contribution in [2.24, 2.45) is 0 Å². The molecular weight excluding hydrogens is 480 g/mol. The molecule has 2 heterocycles. The molecule has 3 N–H and O–H groups in total. The minimum atomic E-state index is -0.0659. The Balaban J connectivity index is 1.39. The lowest BCUT2D eigenvalue weighted by Crippen LogP contribution is -2.59. The highest BCUT2D eigenvalue weighted by molar-refractivity contribution is 6.31. The summed E-state index contributed by atoms with van der Waals surface area (Å²) in [5, 5.41) is 23.8. The Kier molecular flexibility index (Phi) is 3.87. The Morgan fingerprint density at radius 2 is 1.64 bits per heavy atom. The number of nitrogens with zero attached hydrogens (tertiary/aromatic N) is 2. The van der Waals surface area contributed by atoms with Crippen molar-refractivity contribution in [2.75, 3.05) is 4.90 Å². The summed E-state index contributed by atoms with van der Waals surface area (Å²) in [5.74, 6) is 1.77. The average molecular weight is 504 g/mol. The molecule has 0 saturated carbocycles. The number of hydrogen-bond acceptors (Lipinski definition) is 2. The van der Waals surface area contributed by atoms with Crippen LogP contribution in [0.3, 0.4) is 0 Å². The zero-order valence-electron chi connectivity index (χ0n) is 21.0. The van der Waals surface area contributed by atoms with Crippen molar-refractivity contribution >= 4 is 62.1 Å². The largest absolute Gasteiger partial charge is 0.481 e. The summed E-state index contributed by atoms with van der Waals surface area (Å²) in [7, 11) is 0. The van der Waals surface area contributed by atoms with Gasteiger partial charge in [0.1, 0.15) is 28.4 Å². The summed E-state index contributed by atoms with van der Waals surface area (Å²) in [5.41, 5.74) is 6.50. The highest BCUT2D eigenvalue weighted by Crippen LogP contribution is 2.52. The number of amidine groups is 1. The second-order valence-electron chi connectivity index (χ2n) is 10.5. The lowest BCUT2D eigenvalue weighted by molar-refractivity contribution is -0.119. The predicted octanol–water partition coefficient (Wildman–Crippen LogP) is 4.96. The van der Waals surface area contributed by atoms with Crippen LogP contribution < -0.4 is 20.4 Å². The number of aromatic nitrogens is 1. The standard InChI is InChI=1S/C34H22N4O/c35-33(21-7-3-1-4-8-21)37(22-9-5-2-6-10-22)34(36)38-23-15-11-19-13-17-25-31-27(19)29(23)30-24(38)16-12-20-14-18-26(39-25)32(31)28(20)30/h1-11,13-18,25,35-36H,12H2/p+1. The van der Waals surface area contributed by atoms with Crippen LogP contribution >= 0.6 is 0 Å². The van der Waals surface area contributed by atoms with E-state index in [4.69, 9.17) is 10.1 Å². The minimum Gasteiger partial charge on any atom is -0.481 e. The first-order valence-electron chi connectivity index (χ1n) is 13.3. The second-order valence-corrected chi connectivity index (χ2v) is 10.5. The molecule has 0 amide bonds. The van der Waals surface area contributed by atoms with E-state index in [0.717, 1.165) is 34.3 Å². The summed E-state index contributed by atoms with van der Waals surface area (Å²) in [6.45, 7) is 0. The normalized spacial score (nSPS) is 15.8. The quantitative estimate of drug-likeness (QED) is 0.199. The van der Waals surface area contributed by atoms with E-state index in [0.29, 0.717) is 11.8 Å². The van der Waals surface area contributed by atoms with Crippen molar-refractivity contribution in [1.29, 1.82) is 5.41 Å². The van der Waals surface area contributed by atoms with Crippen molar-refractivity contribution in [1.82, 2.24) is 4.57 Å². The Labute approximate surface area is 223 Å².